The molecule has 0 spiro atoms. The van der Waals surface area contributed by atoms with E-state index >= 15 is 0 Å². The van der Waals surface area contributed by atoms with Gasteiger partial charge in [-0.05, 0) is 109 Å². The molecular formula is C45H43N3O2S3. The number of benzene rings is 3. The third-order valence-electron chi connectivity index (χ3n) is 9.79. The molecule has 8 heteroatoms. The number of nitrogens with two attached hydrogens (primary N) is 1. The Labute approximate surface area is 324 Å². The number of hydrogen-bond acceptors (Lipinski definition) is 7. The summed E-state index contributed by atoms with van der Waals surface area (Å²) in [5, 5.41) is 0. The van der Waals surface area contributed by atoms with Crippen LogP contribution in [0.3, 0.4) is 0 Å². The van der Waals surface area contributed by atoms with Crippen LogP contribution in [0.25, 0.3) is 36.0 Å². The number of imide groups is 1. The highest BCUT2D eigenvalue weighted by Gasteiger charge is 2.35. The summed E-state index contributed by atoms with van der Waals surface area (Å²) in [6.45, 7) is 6.46. The smallest absolute Gasteiger partial charge is 0.276 e. The van der Waals surface area contributed by atoms with Crippen LogP contribution in [0.1, 0.15) is 51.3 Å². The molecule has 268 valence electrons. The zero-order chi connectivity index (χ0) is 36.9. The van der Waals surface area contributed by atoms with Crippen molar-refractivity contribution in [3.05, 3.63) is 143 Å². The zero-order valence-electron chi connectivity index (χ0n) is 30.3. The Balaban J connectivity index is 1.07. The molecule has 0 fully saturated rings. The van der Waals surface area contributed by atoms with Gasteiger partial charge >= 0.3 is 0 Å². The number of anilines is 3. The van der Waals surface area contributed by atoms with Crippen LogP contribution in [-0.4, -0.2) is 23.3 Å². The van der Waals surface area contributed by atoms with Gasteiger partial charge in [0, 0.05) is 58.4 Å². The predicted molar refractivity (Wildman–Crippen MR) is 226 cm³/mol. The molecular weight excluding hydrogens is 711 g/mol. The number of thiophene rings is 3. The summed E-state index contributed by atoms with van der Waals surface area (Å²) in [4.78, 5) is 37.4. The number of para-hydroxylation sites is 2. The molecule has 7 rings (SSSR count). The number of rotatable bonds is 13. The van der Waals surface area contributed by atoms with Crippen molar-refractivity contribution in [1.82, 2.24) is 4.90 Å². The van der Waals surface area contributed by atoms with E-state index in [0.717, 1.165) is 52.5 Å². The number of hydrogen-bond donors (Lipinski definition) is 1. The maximum Gasteiger partial charge on any atom is 0.276 e. The molecule has 0 saturated heterocycles. The van der Waals surface area contributed by atoms with Crippen molar-refractivity contribution in [2.75, 3.05) is 11.4 Å². The van der Waals surface area contributed by atoms with E-state index in [1.54, 1.807) is 40.9 Å². The van der Waals surface area contributed by atoms with E-state index in [0.29, 0.717) is 17.7 Å². The second-order valence-corrected chi connectivity index (χ2v) is 16.6. The summed E-state index contributed by atoms with van der Waals surface area (Å²) >= 11 is 5.21. The Kier molecular flexibility index (Phi) is 11.2. The van der Waals surface area contributed by atoms with Gasteiger partial charge in [-0.15, -0.1) is 34.0 Å². The third kappa shape index (κ3) is 7.86. The van der Waals surface area contributed by atoms with Gasteiger partial charge in [0.2, 0.25) is 0 Å². The van der Waals surface area contributed by atoms with Crippen molar-refractivity contribution in [3.8, 4) is 29.9 Å². The molecule has 0 bridgehead atoms. The lowest BCUT2D eigenvalue weighted by atomic mass is 9.94. The minimum atomic E-state index is -0.371. The van der Waals surface area contributed by atoms with Crippen LogP contribution in [0.5, 0.6) is 0 Å². The molecule has 1 aliphatic rings. The average Bonchev–Trinajstić information content (AvgIpc) is 3.99. The monoisotopic (exact) mass is 753 g/mol. The molecule has 0 saturated carbocycles. The Hall–Kier alpha value is -5.02. The van der Waals surface area contributed by atoms with Gasteiger partial charge in [-0.25, -0.2) is 0 Å². The fraction of sp³-hybridized carbons (Fsp3) is 0.200. The number of amides is 2. The van der Waals surface area contributed by atoms with Crippen LogP contribution in [0, 0.1) is 5.92 Å². The van der Waals surface area contributed by atoms with Gasteiger partial charge < -0.3 is 10.6 Å². The second kappa shape index (κ2) is 16.3. The molecule has 2 amide bonds. The van der Waals surface area contributed by atoms with Crippen molar-refractivity contribution in [2.45, 2.75) is 46.5 Å². The van der Waals surface area contributed by atoms with E-state index in [2.05, 4.69) is 122 Å². The summed E-state index contributed by atoms with van der Waals surface area (Å²) in [6.07, 6.45) is 5.97. The average molecular weight is 754 g/mol. The fourth-order valence-electron chi connectivity index (χ4n) is 6.67. The SMILES string of the molecule is CCCCC(CC)CN1C(=O)C(N)=C(C)/C(=C/c2ccc(-c3ccc(-c4ccc(-c5ccc(N(c6ccccc6)c6ccccc6)cc5)s4)s3)s2)C1=O. The molecule has 4 heterocycles. The zero-order valence-corrected chi connectivity index (χ0v) is 32.7. The van der Waals surface area contributed by atoms with E-state index in [-0.39, 0.29) is 23.4 Å². The Morgan fingerprint density at radius 3 is 1.77 bits per heavy atom. The van der Waals surface area contributed by atoms with E-state index in [1.165, 1.54) is 30.0 Å². The van der Waals surface area contributed by atoms with Gasteiger partial charge in [0.1, 0.15) is 5.70 Å². The number of carbonyl (C=O) groups excluding carboxylic acids is 2. The number of nitrogens with zero attached hydrogens (tertiary/aromatic N) is 2. The van der Waals surface area contributed by atoms with E-state index in [4.69, 9.17) is 5.73 Å². The molecule has 0 aliphatic carbocycles. The molecule has 1 unspecified atom stereocenters. The van der Waals surface area contributed by atoms with Crippen LogP contribution in [-0.2, 0) is 9.59 Å². The van der Waals surface area contributed by atoms with E-state index < -0.39 is 0 Å². The summed E-state index contributed by atoms with van der Waals surface area (Å²) in [5.41, 5.74) is 12.0. The van der Waals surface area contributed by atoms with E-state index in [1.807, 2.05) is 24.3 Å². The van der Waals surface area contributed by atoms with Gasteiger partial charge in [-0.2, -0.15) is 0 Å². The fourth-order valence-corrected chi connectivity index (χ4v) is 9.82. The molecule has 1 aliphatic heterocycles. The molecule has 3 aromatic heterocycles. The van der Waals surface area contributed by atoms with Gasteiger partial charge in [-0.1, -0.05) is 81.6 Å². The lowest BCUT2D eigenvalue weighted by Crippen LogP contribution is -2.46. The first kappa shape index (κ1) is 36.3. The molecule has 6 aromatic rings. The molecule has 53 heavy (non-hydrogen) atoms. The summed E-state index contributed by atoms with van der Waals surface area (Å²) < 4.78 is 0. The summed E-state index contributed by atoms with van der Waals surface area (Å²) in [5.74, 6) is -0.352. The van der Waals surface area contributed by atoms with E-state index in [9.17, 15) is 9.59 Å². The highest BCUT2D eigenvalue weighted by atomic mass is 32.1. The number of carbonyl (C=O) groups is 2. The molecule has 0 radical (unpaired) electrons. The Bertz CT molecular complexity index is 2220. The van der Waals surface area contributed by atoms with Crippen LogP contribution in [0.2, 0.25) is 0 Å². The standard InChI is InChI=1S/C45H43N3O2S3/c1-4-6-13-31(5-2)29-47-44(49)37(30(3)43(46)45(47)50)28-36-22-23-39(51-36)40-26-27-42(53-40)41-25-24-38(52-41)32-18-20-35(21-19-32)48(33-14-9-7-10-15-33)34-16-11-8-12-17-34/h7-12,14-28,31H,4-6,13,29,46H2,1-3H3/b37-28-. The molecule has 1 atom stereocenters. The minimum absolute atomic E-state index is 0.161. The minimum Gasteiger partial charge on any atom is -0.394 e. The Morgan fingerprint density at radius 2 is 1.19 bits per heavy atom. The molecule has 5 nitrogen and oxygen atoms in total. The summed E-state index contributed by atoms with van der Waals surface area (Å²) in [7, 11) is 0. The Morgan fingerprint density at radius 1 is 0.660 bits per heavy atom. The highest BCUT2D eigenvalue weighted by molar-refractivity contribution is 7.27. The first-order valence-electron chi connectivity index (χ1n) is 18.2. The lowest BCUT2D eigenvalue weighted by molar-refractivity contribution is -0.141. The van der Waals surface area contributed by atoms with Crippen molar-refractivity contribution in [3.63, 3.8) is 0 Å². The van der Waals surface area contributed by atoms with Crippen LogP contribution in [0.15, 0.2) is 138 Å². The van der Waals surface area contributed by atoms with Gasteiger partial charge in [0.15, 0.2) is 0 Å². The van der Waals surface area contributed by atoms with Crippen LogP contribution >= 0.6 is 34.0 Å². The maximum absolute atomic E-state index is 13.7. The largest absolute Gasteiger partial charge is 0.394 e. The lowest BCUT2D eigenvalue weighted by Gasteiger charge is -2.31. The van der Waals surface area contributed by atoms with Crippen molar-refractivity contribution in [1.29, 1.82) is 0 Å². The van der Waals surface area contributed by atoms with Gasteiger partial charge in [0.05, 0.1) is 0 Å². The normalized spacial score (nSPS) is 14.7. The van der Waals surface area contributed by atoms with Crippen molar-refractivity contribution < 1.29 is 9.59 Å². The first-order chi connectivity index (χ1) is 25.8. The quantitative estimate of drug-likeness (QED) is 0.0942. The number of unbranched alkanes of at least 4 members (excludes halogenated alkanes) is 1. The maximum atomic E-state index is 13.7. The first-order valence-corrected chi connectivity index (χ1v) is 20.6. The molecule has 2 N–H and O–H groups in total. The highest BCUT2D eigenvalue weighted by Crippen LogP contribution is 2.43. The van der Waals surface area contributed by atoms with Crippen LogP contribution in [0.4, 0.5) is 17.1 Å². The van der Waals surface area contributed by atoms with Gasteiger partial charge in [-0.3, -0.25) is 14.5 Å². The van der Waals surface area contributed by atoms with Gasteiger partial charge in [0.25, 0.3) is 11.8 Å². The molecule has 3 aromatic carbocycles. The van der Waals surface area contributed by atoms with Crippen LogP contribution < -0.4 is 10.6 Å². The van der Waals surface area contributed by atoms with Crippen molar-refractivity contribution >= 4 is 69.0 Å². The second-order valence-electron chi connectivity index (χ2n) is 13.3. The summed E-state index contributed by atoms with van der Waals surface area (Å²) in [6, 6.07) is 42.6. The predicted octanol–water partition coefficient (Wildman–Crippen LogP) is 12.5. The van der Waals surface area contributed by atoms with Crippen molar-refractivity contribution in [2.24, 2.45) is 11.7 Å². The third-order valence-corrected chi connectivity index (χ3v) is 13.4. The topological polar surface area (TPSA) is 66.6 Å².